The minimum atomic E-state index is -0.472. The molecular formula is C22H27N3O4. The molecule has 7 heteroatoms. The maximum absolute atomic E-state index is 13.1. The summed E-state index contributed by atoms with van der Waals surface area (Å²) >= 11 is 0. The second-order valence-corrected chi connectivity index (χ2v) is 7.63. The molecule has 1 aromatic carbocycles. The van der Waals surface area contributed by atoms with Crippen molar-refractivity contribution in [2.24, 2.45) is 0 Å². The Labute approximate surface area is 170 Å². The van der Waals surface area contributed by atoms with Gasteiger partial charge in [0.25, 0.3) is 11.5 Å². The Morgan fingerprint density at radius 3 is 2.52 bits per heavy atom. The second kappa shape index (κ2) is 8.61. The average Bonchev–Trinajstić information content (AvgIpc) is 2.68. The van der Waals surface area contributed by atoms with Gasteiger partial charge in [-0.1, -0.05) is 6.07 Å². The number of aryl methyl sites for hydroxylation is 1. The topological polar surface area (TPSA) is 91.6 Å². The van der Waals surface area contributed by atoms with Crippen LogP contribution in [0.4, 0.5) is 11.4 Å². The molecule has 0 saturated heterocycles. The van der Waals surface area contributed by atoms with E-state index >= 15 is 0 Å². The molecular weight excluding hydrogens is 370 g/mol. The average molecular weight is 397 g/mol. The predicted molar refractivity (Wildman–Crippen MR) is 112 cm³/mol. The zero-order valence-corrected chi connectivity index (χ0v) is 17.0. The number of amides is 2. The third-order valence-corrected chi connectivity index (χ3v) is 5.58. The molecule has 3 rings (SSSR count). The van der Waals surface area contributed by atoms with E-state index in [-0.39, 0.29) is 29.2 Å². The molecule has 29 heavy (non-hydrogen) atoms. The number of hydrogen-bond donors (Lipinski definition) is 2. The number of nitrogens with one attached hydrogen (secondary N) is 1. The van der Waals surface area contributed by atoms with Gasteiger partial charge in [0, 0.05) is 37.6 Å². The van der Waals surface area contributed by atoms with Gasteiger partial charge >= 0.3 is 0 Å². The quantitative estimate of drug-likeness (QED) is 0.830. The van der Waals surface area contributed by atoms with Crippen molar-refractivity contribution in [1.82, 2.24) is 4.57 Å². The van der Waals surface area contributed by atoms with E-state index in [0.717, 1.165) is 0 Å². The molecule has 0 unspecified atom stereocenters. The minimum Gasteiger partial charge on any atom is -0.393 e. The van der Waals surface area contributed by atoms with Crippen molar-refractivity contribution in [2.75, 3.05) is 17.3 Å². The summed E-state index contributed by atoms with van der Waals surface area (Å²) in [6.45, 7) is 3.20. The van der Waals surface area contributed by atoms with Crippen LogP contribution in [0.25, 0.3) is 0 Å². The van der Waals surface area contributed by atoms with Crippen LogP contribution in [0.2, 0.25) is 0 Å². The van der Waals surface area contributed by atoms with Gasteiger partial charge in [0.15, 0.2) is 0 Å². The SMILES string of the molecule is CC(=O)N(C)c1cccc(NC(=O)c2c(C)ccn(C3CCC(O)CC3)c2=O)c1. The first-order valence-corrected chi connectivity index (χ1v) is 9.83. The largest absolute Gasteiger partial charge is 0.393 e. The molecule has 0 bridgehead atoms. The Kier molecular flexibility index (Phi) is 6.17. The molecule has 0 radical (unpaired) electrons. The van der Waals surface area contributed by atoms with E-state index in [1.165, 1.54) is 11.8 Å². The summed E-state index contributed by atoms with van der Waals surface area (Å²) in [6.07, 6.45) is 4.16. The van der Waals surface area contributed by atoms with E-state index in [0.29, 0.717) is 42.6 Å². The third-order valence-electron chi connectivity index (χ3n) is 5.58. The molecule has 2 amide bonds. The summed E-state index contributed by atoms with van der Waals surface area (Å²) in [7, 11) is 1.66. The van der Waals surface area contributed by atoms with Crippen LogP contribution in [0.15, 0.2) is 41.3 Å². The van der Waals surface area contributed by atoms with Crippen molar-refractivity contribution in [3.8, 4) is 0 Å². The van der Waals surface area contributed by atoms with Crippen molar-refractivity contribution in [2.45, 2.75) is 51.7 Å². The predicted octanol–water partition coefficient (Wildman–Crippen LogP) is 2.87. The van der Waals surface area contributed by atoms with Crippen molar-refractivity contribution in [3.63, 3.8) is 0 Å². The molecule has 1 heterocycles. The van der Waals surface area contributed by atoms with Crippen LogP contribution in [0.1, 0.15) is 54.6 Å². The monoisotopic (exact) mass is 397 g/mol. The zero-order valence-electron chi connectivity index (χ0n) is 17.0. The number of aliphatic hydroxyl groups excluding tert-OH is 1. The fraction of sp³-hybridized carbons (Fsp3) is 0.409. The number of anilines is 2. The molecule has 0 aliphatic heterocycles. The fourth-order valence-electron chi connectivity index (χ4n) is 3.71. The van der Waals surface area contributed by atoms with E-state index in [4.69, 9.17) is 0 Å². The molecule has 7 nitrogen and oxygen atoms in total. The van der Waals surface area contributed by atoms with Crippen LogP contribution in [0.3, 0.4) is 0 Å². The number of aromatic nitrogens is 1. The molecule has 1 fully saturated rings. The molecule has 0 spiro atoms. The molecule has 1 aliphatic carbocycles. The van der Waals surface area contributed by atoms with Crippen molar-refractivity contribution in [3.05, 3.63) is 58.0 Å². The fourth-order valence-corrected chi connectivity index (χ4v) is 3.71. The molecule has 154 valence electrons. The maximum atomic E-state index is 13.1. The first-order valence-electron chi connectivity index (χ1n) is 9.83. The number of rotatable bonds is 4. The maximum Gasteiger partial charge on any atom is 0.263 e. The summed E-state index contributed by atoms with van der Waals surface area (Å²) in [5.74, 6) is -0.590. The van der Waals surface area contributed by atoms with Crippen LogP contribution < -0.4 is 15.8 Å². The van der Waals surface area contributed by atoms with Gasteiger partial charge in [-0.3, -0.25) is 14.4 Å². The van der Waals surface area contributed by atoms with Crippen LogP contribution >= 0.6 is 0 Å². The van der Waals surface area contributed by atoms with Gasteiger partial charge in [-0.25, -0.2) is 0 Å². The lowest BCUT2D eigenvalue weighted by Gasteiger charge is -2.27. The highest BCUT2D eigenvalue weighted by molar-refractivity contribution is 6.05. The lowest BCUT2D eigenvalue weighted by molar-refractivity contribution is -0.116. The van der Waals surface area contributed by atoms with Crippen LogP contribution in [0.5, 0.6) is 0 Å². The van der Waals surface area contributed by atoms with Crippen LogP contribution in [0, 0.1) is 6.92 Å². The van der Waals surface area contributed by atoms with E-state index in [1.54, 1.807) is 55.1 Å². The Bertz CT molecular complexity index is 974. The van der Waals surface area contributed by atoms with Gasteiger partial charge in [-0.05, 0) is 62.4 Å². The van der Waals surface area contributed by atoms with Gasteiger partial charge in [0.2, 0.25) is 5.91 Å². The van der Waals surface area contributed by atoms with Gasteiger partial charge < -0.3 is 19.9 Å². The summed E-state index contributed by atoms with van der Waals surface area (Å²) < 4.78 is 1.62. The highest BCUT2D eigenvalue weighted by Gasteiger charge is 2.24. The number of hydrogen-bond acceptors (Lipinski definition) is 4. The number of carbonyl (C=O) groups is 2. The number of pyridine rings is 1. The molecule has 1 aromatic heterocycles. The number of carbonyl (C=O) groups excluding carboxylic acids is 2. The smallest absolute Gasteiger partial charge is 0.263 e. The lowest BCUT2D eigenvalue weighted by atomic mass is 9.92. The standard InChI is InChI=1S/C22H27N3O4/c1-14-11-12-25(17-7-9-19(27)10-8-17)22(29)20(14)21(28)23-16-5-4-6-18(13-16)24(3)15(2)26/h4-6,11-13,17,19,27H,7-10H2,1-3H3,(H,23,28). The zero-order chi connectivity index (χ0) is 21.1. The minimum absolute atomic E-state index is 0.00871. The van der Waals surface area contributed by atoms with E-state index in [2.05, 4.69) is 5.32 Å². The van der Waals surface area contributed by atoms with Crippen molar-refractivity contribution >= 4 is 23.2 Å². The van der Waals surface area contributed by atoms with Crippen LogP contribution in [-0.2, 0) is 4.79 Å². The number of benzene rings is 1. The summed E-state index contributed by atoms with van der Waals surface area (Å²) in [4.78, 5) is 39.0. The van der Waals surface area contributed by atoms with Crippen LogP contribution in [-0.4, -0.2) is 34.6 Å². The first-order chi connectivity index (χ1) is 13.8. The summed E-state index contributed by atoms with van der Waals surface area (Å²) in [6, 6.07) is 8.70. The van der Waals surface area contributed by atoms with E-state index in [9.17, 15) is 19.5 Å². The number of aliphatic hydroxyl groups is 1. The highest BCUT2D eigenvalue weighted by Crippen LogP contribution is 2.27. The van der Waals surface area contributed by atoms with Gasteiger partial charge in [-0.15, -0.1) is 0 Å². The molecule has 1 saturated carbocycles. The highest BCUT2D eigenvalue weighted by atomic mass is 16.3. The summed E-state index contributed by atoms with van der Waals surface area (Å²) in [5.41, 5.74) is 1.57. The Morgan fingerprint density at radius 2 is 1.86 bits per heavy atom. The lowest BCUT2D eigenvalue weighted by Crippen LogP contribution is -2.34. The van der Waals surface area contributed by atoms with E-state index < -0.39 is 5.91 Å². The Morgan fingerprint density at radius 1 is 1.17 bits per heavy atom. The molecule has 2 N–H and O–H groups in total. The second-order valence-electron chi connectivity index (χ2n) is 7.63. The van der Waals surface area contributed by atoms with Gasteiger partial charge in [0.1, 0.15) is 5.56 Å². The molecule has 0 atom stereocenters. The molecule has 1 aliphatic rings. The van der Waals surface area contributed by atoms with Crippen molar-refractivity contribution < 1.29 is 14.7 Å². The van der Waals surface area contributed by atoms with Gasteiger partial charge in [-0.2, -0.15) is 0 Å². The van der Waals surface area contributed by atoms with Crippen molar-refractivity contribution in [1.29, 1.82) is 0 Å². The van der Waals surface area contributed by atoms with E-state index in [1.807, 2.05) is 0 Å². The molecule has 2 aromatic rings. The third kappa shape index (κ3) is 4.56. The van der Waals surface area contributed by atoms with Gasteiger partial charge in [0.05, 0.1) is 6.10 Å². The number of nitrogens with zero attached hydrogens (tertiary/aromatic N) is 2. The Balaban J connectivity index is 1.86. The summed E-state index contributed by atoms with van der Waals surface area (Å²) in [5, 5.41) is 12.5. The Hall–Kier alpha value is -2.93. The first kappa shape index (κ1) is 20.8. The normalized spacial score (nSPS) is 18.9.